The molecule has 1 N–H and O–H groups in total. The average molecular weight is 438 g/mol. The van der Waals surface area contributed by atoms with Crippen molar-refractivity contribution in [1.29, 1.82) is 0 Å². The monoisotopic (exact) mass is 438 g/mol. The lowest BCUT2D eigenvalue weighted by atomic mass is 9.99. The highest BCUT2D eigenvalue weighted by atomic mass is 127. The van der Waals surface area contributed by atoms with E-state index in [2.05, 4.69) is 41.1 Å². The minimum Gasteiger partial charge on any atom is -0.469 e. The van der Waals surface area contributed by atoms with Gasteiger partial charge in [-0.3, -0.25) is 9.79 Å². The molecule has 2 fully saturated rings. The number of nitrogens with one attached hydrogen (secondary N) is 1. The second-order valence-electron chi connectivity index (χ2n) is 6.81. The van der Waals surface area contributed by atoms with E-state index in [4.69, 9.17) is 4.74 Å². The minimum absolute atomic E-state index is 0. The van der Waals surface area contributed by atoms with Gasteiger partial charge in [0.2, 0.25) is 0 Å². The third kappa shape index (κ3) is 5.20. The molecule has 0 amide bonds. The van der Waals surface area contributed by atoms with Gasteiger partial charge in [0.25, 0.3) is 0 Å². The molecule has 0 aromatic carbocycles. The fourth-order valence-corrected chi connectivity index (χ4v) is 3.38. The zero-order valence-electron chi connectivity index (χ0n) is 14.9. The van der Waals surface area contributed by atoms with Crippen molar-refractivity contribution in [3.63, 3.8) is 0 Å². The largest absolute Gasteiger partial charge is 0.469 e. The molecule has 1 heterocycles. The smallest absolute Gasteiger partial charge is 0.310 e. The van der Waals surface area contributed by atoms with Crippen LogP contribution >= 0.6 is 24.0 Å². The van der Waals surface area contributed by atoms with Crippen LogP contribution in [0.3, 0.4) is 0 Å². The van der Waals surface area contributed by atoms with Crippen molar-refractivity contribution < 1.29 is 9.53 Å². The van der Waals surface area contributed by atoms with E-state index in [-0.39, 0.29) is 35.9 Å². The van der Waals surface area contributed by atoms with Crippen LogP contribution in [-0.2, 0) is 9.53 Å². The van der Waals surface area contributed by atoms with E-state index >= 15 is 0 Å². The fourth-order valence-electron chi connectivity index (χ4n) is 3.38. The first-order valence-corrected chi connectivity index (χ1v) is 8.17. The Hall–Kier alpha value is -0.570. The zero-order valence-corrected chi connectivity index (χ0v) is 17.2. The normalized spacial score (nSPS) is 26.0. The van der Waals surface area contributed by atoms with Crippen LogP contribution in [0.5, 0.6) is 0 Å². The van der Waals surface area contributed by atoms with Crippen LogP contribution in [0.15, 0.2) is 4.99 Å². The van der Waals surface area contributed by atoms with Crippen LogP contribution in [0.2, 0.25) is 0 Å². The molecule has 1 saturated heterocycles. The molecule has 3 atom stereocenters. The van der Waals surface area contributed by atoms with Crippen LogP contribution in [0.25, 0.3) is 0 Å². The van der Waals surface area contributed by atoms with E-state index in [1.54, 1.807) is 7.05 Å². The van der Waals surface area contributed by atoms with Crippen molar-refractivity contribution in [1.82, 2.24) is 15.1 Å². The van der Waals surface area contributed by atoms with Crippen molar-refractivity contribution in [2.24, 2.45) is 22.7 Å². The first-order chi connectivity index (χ1) is 10.5. The van der Waals surface area contributed by atoms with E-state index in [1.165, 1.54) is 20.0 Å². The van der Waals surface area contributed by atoms with Crippen LogP contribution in [0, 0.1) is 17.8 Å². The summed E-state index contributed by atoms with van der Waals surface area (Å²) in [5, 5.41) is 3.49. The molecule has 134 valence electrons. The Bertz CT molecular complexity index is 424. The van der Waals surface area contributed by atoms with Crippen LogP contribution in [0.4, 0.5) is 0 Å². The van der Waals surface area contributed by atoms with Gasteiger partial charge >= 0.3 is 5.97 Å². The maximum Gasteiger partial charge on any atom is 0.310 e. The minimum atomic E-state index is -0.116. The maximum atomic E-state index is 11.8. The highest BCUT2D eigenvalue weighted by Gasteiger charge is 2.37. The lowest BCUT2D eigenvalue weighted by Crippen LogP contribution is -2.47. The van der Waals surface area contributed by atoms with Gasteiger partial charge in [-0.05, 0) is 38.8 Å². The molecule has 1 saturated carbocycles. The summed E-state index contributed by atoms with van der Waals surface area (Å²) in [5.74, 6) is 1.82. The summed E-state index contributed by atoms with van der Waals surface area (Å²) in [5.41, 5.74) is 0. The topological polar surface area (TPSA) is 57.2 Å². The molecule has 1 aliphatic heterocycles. The quantitative estimate of drug-likeness (QED) is 0.303. The van der Waals surface area contributed by atoms with Gasteiger partial charge in [0.05, 0.1) is 13.0 Å². The maximum absolute atomic E-state index is 11.8. The Labute approximate surface area is 157 Å². The Morgan fingerprint density at radius 3 is 2.52 bits per heavy atom. The van der Waals surface area contributed by atoms with Gasteiger partial charge < -0.3 is 19.9 Å². The highest BCUT2D eigenvalue weighted by Crippen LogP contribution is 2.34. The van der Waals surface area contributed by atoms with Gasteiger partial charge in [-0.1, -0.05) is 6.92 Å². The number of halogens is 1. The summed E-state index contributed by atoms with van der Waals surface area (Å²) in [6.45, 7) is 4.53. The molecule has 0 aromatic rings. The summed E-state index contributed by atoms with van der Waals surface area (Å²) in [7, 11) is 7.54. The predicted molar refractivity (Wildman–Crippen MR) is 103 cm³/mol. The number of esters is 1. The van der Waals surface area contributed by atoms with Crippen molar-refractivity contribution in [3.8, 4) is 0 Å². The van der Waals surface area contributed by atoms with Gasteiger partial charge in [0, 0.05) is 32.7 Å². The number of ether oxygens (including phenoxy) is 1. The Balaban J connectivity index is 0.00000264. The third-order valence-electron chi connectivity index (χ3n) is 4.93. The number of methoxy groups -OCH3 is 1. The third-order valence-corrected chi connectivity index (χ3v) is 4.93. The first kappa shape index (κ1) is 20.5. The molecule has 0 spiro atoms. The molecule has 0 bridgehead atoms. The molecular weight excluding hydrogens is 407 g/mol. The number of carbonyl (C=O) groups excluding carboxylic acids is 1. The van der Waals surface area contributed by atoms with Gasteiger partial charge in [-0.15, -0.1) is 24.0 Å². The molecule has 0 aromatic heterocycles. The number of hydrogen-bond donors (Lipinski definition) is 1. The molecule has 7 heteroatoms. The van der Waals surface area contributed by atoms with Gasteiger partial charge in [-0.2, -0.15) is 0 Å². The summed E-state index contributed by atoms with van der Waals surface area (Å²) >= 11 is 0. The van der Waals surface area contributed by atoms with Gasteiger partial charge in [-0.25, -0.2) is 0 Å². The molecule has 2 aliphatic rings. The average Bonchev–Trinajstić information content (AvgIpc) is 3.24. The Morgan fingerprint density at radius 2 is 2.04 bits per heavy atom. The van der Waals surface area contributed by atoms with E-state index in [1.807, 2.05) is 0 Å². The SMILES string of the molecule is CN=C(NCC(C1CC1)N(C)C)N1CC(C)C(C(=O)OC)C1.I. The number of rotatable bonds is 5. The Kier molecular flexibility index (Phi) is 8.06. The molecular formula is C16H31IN4O2. The van der Waals surface area contributed by atoms with Crippen LogP contribution in [-0.4, -0.2) is 75.7 Å². The standard InChI is InChI=1S/C16H30N4O2.HI/c1-11-9-20(10-13(11)15(21)22-5)16(17-2)18-8-14(19(3)4)12-6-7-12;/h11-14H,6-10H2,1-5H3,(H,17,18);1H. The lowest BCUT2D eigenvalue weighted by molar-refractivity contribution is -0.145. The molecule has 3 unspecified atom stereocenters. The fraction of sp³-hybridized carbons (Fsp3) is 0.875. The second-order valence-corrected chi connectivity index (χ2v) is 6.81. The highest BCUT2D eigenvalue weighted by molar-refractivity contribution is 14.0. The van der Waals surface area contributed by atoms with E-state index in [9.17, 15) is 4.79 Å². The second kappa shape index (κ2) is 9.05. The first-order valence-electron chi connectivity index (χ1n) is 8.17. The molecule has 1 aliphatic carbocycles. The van der Waals surface area contributed by atoms with E-state index in [0.29, 0.717) is 18.5 Å². The zero-order chi connectivity index (χ0) is 16.3. The Morgan fingerprint density at radius 1 is 1.39 bits per heavy atom. The number of carbonyl (C=O) groups is 1. The molecule has 2 rings (SSSR count). The van der Waals surface area contributed by atoms with E-state index in [0.717, 1.165) is 25.0 Å². The van der Waals surface area contributed by atoms with Crippen molar-refractivity contribution in [3.05, 3.63) is 0 Å². The number of nitrogens with zero attached hydrogens (tertiary/aromatic N) is 3. The molecule has 0 radical (unpaired) electrons. The lowest BCUT2D eigenvalue weighted by Gasteiger charge is -2.28. The number of guanidine groups is 1. The van der Waals surface area contributed by atoms with Crippen molar-refractivity contribution in [2.45, 2.75) is 25.8 Å². The summed E-state index contributed by atoms with van der Waals surface area (Å²) in [6.07, 6.45) is 2.66. The molecule has 6 nitrogen and oxygen atoms in total. The number of aliphatic imine (C=N–C) groups is 1. The molecule has 23 heavy (non-hydrogen) atoms. The summed E-state index contributed by atoms with van der Waals surface area (Å²) in [6, 6.07) is 0.549. The van der Waals surface area contributed by atoms with Crippen LogP contribution < -0.4 is 5.32 Å². The predicted octanol–water partition coefficient (Wildman–Crippen LogP) is 1.26. The van der Waals surface area contributed by atoms with Crippen molar-refractivity contribution in [2.75, 3.05) is 47.9 Å². The van der Waals surface area contributed by atoms with Gasteiger partial charge in [0.15, 0.2) is 5.96 Å². The van der Waals surface area contributed by atoms with E-state index < -0.39 is 0 Å². The van der Waals surface area contributed by atoms with Gasteiger partial charge in [0.1, 0.15) is 0 Å². The van der Waals surface area contributed by atoms with Crippen LogP contribution in [0.1, 0.15) is 19.8 Å². The summed E-state index contributed by atoms with van der Waals surface area (Å²) < 4.78 is 4.90. The number of hydrogen-bond acceptors (Lipinski definition) is 4. The summed E-state index contributed by atoms with van der Waals surface area (Å²) in [4.78, 5) is 20.7. The number of likely N-dealkylation sites (tertiary alicyclic amines) is 1. The van der Waals surface area contributed by atoms with Crippen molar-refractivity contribution >= 4 is 35.9 Å². The number of likely N-dealkylation sites (N-methyl/N-ethyl adjacent to an activating group) is 1.